The first kappa shape index (κ1) is 33.6. The maximum absolute atomic E-state index is 12.4. The number of carboxylic acids is 2. The zero-order valence-electron chi connectivity index (χ0n) is 19.7. The first-order chi connectivity index (χ1) is 13.1. The van der Waals surface area contributed by atoms with Crippen LogP contribution >= 0.6 is 0 Å². The van der Waals surface area contributed by atoms with E-state index in [1.165, 1.54) is 38.5 Å². The van der Waals surface area contributed by atoms with E-state index in [4.69, 9.17) is 25.6 Å². The van der Waals surface area contributed by atoms with Crippen molar-refractivity contribution in [2.45, 2.75) is 103 Å². The van der Waals surface area contributed by atoms with Crippen molar-refractivity contribution < 1.29 is 59.2 Å². The Kier molecular flexibility index (Phi) is 24.7. The Morgan fingerprint density at radius 3 is 1.72 bits per heavy atom. The van der Waals surface area contributed by atoms with Crippen LogP contribution in [0.3, 0.4) is 0 Å². The van der Waals surface area contributed by atoms with E-state index in [2.05, 4.69) is 13.8 Å². The predicted molar refractivity (Wildman–Crippen MR) is 119 cm³/mol. The van der Waals surface area contributed by atoms with Crippen LogP contribution in [0, 0.1) is 0 Å². The molecule has 0 aromatic heterocycles. The Morgan fingerprint density at radius 1 is 0.931 bits per heavy atom. The van der Waals surface area contributed by atoms with Crippen LogP contribution in [0.15, 0.2) is 12.2 Å². The quantitative estimate of drug-likeness (QED) is 0.219. The van der Waals surface area contributed by atoms with Gasteiger partial charge in [-0.2, -0.15) is 0 Å². The SMILES string of the molecule is CCCCCCC(C)OS(=O)(=S)C(C)CCCCCC.O=C(O)/C=C\C(=O)O.[H-].[Na+]. The number of hydrogen-bond donors (Lipinski definition) is 2. The Balaban J connectivity index is -0.000000288. The van der Waals surface area contributed by atoms with Gasteiger partial charge in [-0.05, 0) is 26.7 Å². The van der Waals surface area contributed by atoms with Gasteiger partial charge in [-0.25, -0.2) is 13.8 Å². The maximum Gasteiger partial charge on any atom is 1.00 e. The van der Waals surface area contributed by atoms with Gasteiger partial charge in [0, 0.05) is 23.3 Å². The molecule has 168 valence electrons. The van der Waals surface area contributed by atoms with Crippen LogP contribution in [0.4, 0.5) is 0 Å². The molecule has 0 rings (SSSR count). The van der Waals surface area contributed by atoms with Gasteiger partial charge in [0.1, 0.15) is 8.77 Å². The van der Waals surface area contributed by atoms with Crippen LogP contribution < -0.4 is 29.6 Å². The molecule has 0 radical (unpaired) electrons. The summed E-state index contributed by atoms with van der Waals surface area (Å²) < 4.78 is 18.1. The molecule has 0 fully saturated rings. The van der Waals surface area contributed by atoms with Crippen LogP contribution in [0.5, 0.6) is 0 Å². The fraction of sp³-hybridized carbons (Fsp3) is 0.800. The summed E-state index contributed by atoms with van der Waals surface area (Å²) in [4.78, 5) is 19.1. The molecule has 3 atom stereocenters. The van der Waals surface area contributed by atoms with Crippen molar-refractivity contribution in [3.63, 3.8) is 0 Å². The minimum atomic E-state index is -2.56. The minimum Gasteiger partial charge on any atom is -1.00 e. The van der Waals surface area contributed by atoms with E-state index in [1.54, 1.807) is 0 Å². The number of unbranched alkanes of at least 4 members (excludes halogenated alkanes) is 6. The predicted octanol–water partition coefficient (Wildman–Crippen LogP) is 2.21. The van der Waals surface area contributed by atoms with Gasteiger partial charge >= 0.3 is 41.5 Å². The number of hydrogen-bond acceptors (Lipinski definition) is 5. The Bertz CT molecular complexity index is 539. The molecule has 2 N–H and O–H groups in total. The summed E-state index contributed by atoms with van der Waals surface area (Å²) >= 11 is 5.23. The molecule has 0 heterocycles. The molecule has 0 aliphatic carbocycles. The number of rotatable bonds is 15. The summed E-state index contributed by atoms with van der Waals surface area (Å²) in [6.07, 6.45) is 12.7. The smallest absolute Gasteiger partial charge is 1.00 e. The molecule has 0 saturated heterocycles. The summed E-state index contributed by atoms with van der Waals surface area (Å²) in [5.41, 5.74) is 0. The van der Waals surface area contributed by atoms with Crippen LogP contribution in [-0.4, -0.2) is 37.7 Å². The van der Waals surface area contributed by atoms with Crippen molar-refractivity contribution in [1.29, 1.82) is 0 Å². The van der Waals surface area contributed by atoms with Gasteiger partial charge < -0.3 is 11.6 Å². The molecule has 29 heavy (non-hydrogen) atoms. The largest absolute Gasteiger partial charge is 1.00 e. The molecule has 6 nitrogen and oxygen atoms in total. The van der Waals surface area contributed by atoms with Crippen molar-refractivity contribution >= 4 is 31.9 Å². The second-order valence-corrected chi connectivity index (χ2v) is 10.3. The van der Waals surface area contributed by atoms with E-state index in [9.17, 15) is 13.8 Å². The second kappa shape index (κ2) is 21.2. The molecular weight excluding hydrogens is 423 g/mol. The van der Waals surface area contributed by atoms with Gasteiger partial charge in [-0.15, -0.1) is 0 Å². The average Bonchev–Trinajstić information content (AvgIpc) is 2.60. The topological polar surface area (TPSA) is 101 Å². The number of aliphatic carboxylic acids is 2. The molecule has 0 spiro atoms. The van der Waals surface area contributed by atoms with Gasteiger partial charge in [0.05, 0.1) is 11.4 Å². The van der Waals surface area contributed by atoms with Crippen LogP contribution in [0.1, 0.15) is 93.3 Å². The van der Waals surface area contributed by atoms with E-state index in [-0.39, 0.29) is 42.3 Å². The van der Waals surface area contributed by atoms with Crippen molar-refractivity contribution in [1.82, 2.24) is 0 Å². The van der Waals surface area contributed by atoms with Crippen molar-refractivity contribution in [2.24, 2.45) is 0 Å². The van der Waals surface area contributed by atoms with Crippen molar-refractivity contribution in [3.05, 3.63) is 12.2 Å². The molecule has 9 heteroatoms. The summed E-state index contributed by atoms with van der Waals surface area (Å²) in [6.45, 7) is 8.38. The Hall–Kier alpha value is 0.0100. The maximum atomic E-state index is 12.4. The van der Waals surface area contributed by atoms with Crippen LogP contribution in [-0.2, 0) is 33.7 Å². The summed E-state index contributed by atoms with van der Waals surface area (Å²) in [7, 11) is -2.56. The molecule has 0 amide bonds. The van der Waals surface area contributed by atoms with Gasteiger partial charge in [-0.3, -0.25) is 4.18 Å². The van der Waals surface area contributed by atoms with E-state index in [0.717, 1.165) is 25.7 Å². The third-order valence-electron chi connectivity index (χ3n) is 4.09. The number of carboxylic acid groups (broad SMARTS) is 2. The van der Waals surface area contributed by atoms with E-state index in [0.29, 0.717) is 12.2 Å². The molecule has 0 saturated carbocycles. The van der Waals surface area contributed by atoms with E-state index in [1.807, 2.05) is 13.8 Å². The van der Waals surface area contributed by atoms with E-state index < -0.39 is 20.7 Å². The van der Waals surface area contributed by atoms with Gasteiger partial charge in [0.15, 0.2) is 0 Å². The van der Waals surface area contributed by atoms with Crippen LogP contribution in [0.25, 0.3) is 0 Å². The fourth-order valence-electron chi connectivity index (χ4n) is 2.38. The summed E-state index contributed by atoms with van der Waals surface area (Å²) in [5, 5.41) is 15.6. The third-order valence-corrected chi connectivity index (χ3v) is 7.13. The summed E-state index contributed by atoms with van der Waals surface area (Å²) in [6, 6.07) is 0. The van der Waals surface area contributed by atoms with Crippen molar-refractivity contribution in [3.8, 4) is 0 Å². The third kappa shape index (κ3) is 24.2. The molecule has 0 bridgehead atoms. The average molecular weight is 463 g/mol. The Labute approximate surface area is 205 Å². The van der Waals surface area contributed by atoms with Gasteiger partial charge in [0.25, 0.3) is 0 Å². The molecule has 3 unspecified atom stereocenters. The molecule has 0 aromatic rings. The van der Waals surface area contributed by atoms with Crippen LogP contribution in [0.2, 0.25) is 0 Å². The molecule has 0 aliphatic heterocycles. The first-order valence-electron chi connectivity index (χ1n) is 10.1. The molecular formula is C20H39NaO6S2. The normalized spacial score (nSPS) is 14.8. The Morgan fingerprint density at radius 2 is 1.34 bits per heavy atom. The monoisotopic (exact) mass is 462 g/mol. The molecule has 0 aromatic carbocycles. The standard InChI is InChI=1S/C16H34O2S2.C4H4O4.Na.H/c1-5-7-9-11-13-15(3)18-20(17,19)16(4)14-12-10-8-6-2;5-3(6)1-2-4(7)8;;/h15-16H,5-14H2,1-4H3;1-2H,(H,5,6)(H,7,8);;/q;;+1;-1/b;2-1-;;. The van der Waals surface area contributed by atoms with E-state index >= 15 is 0 Å². The molecule has 0 aliphatic rings. The van der Waals surface area contributed by atoms with Gasteiger partial charge in [-0.1, -0.05) is 65.2 Å². The summed E-state index contributed by atoms with van der Waals surface area (Å²) in [5.74, 6) is -2.51. The first-order valence-corrected chi connectivity index (χ1v) is 12.6. The number of carbonyl (C=O) groups is 2. The van der Waals surface area contributed by atoms with Gasteiger partial charge in [0.2, 0.25) is 0 Å². The zero-order chi connectivity index (χ0) is 22.0. The minimum absolute atomic E-state index is 0. The zero-order valence-corrected chi connectivity index (χ0v) is 22.4. The fourth-order valence-corrected chi connectivity index (χ4v) is 4.27. The second-order valence-electron chi connectivity index (χ2n) is 6.92. The van der Waals surface area contributed by atoms with Crippen molar-refractivity contribution in [2.75, 3.05) is 0 Å².